The van der Waals surface area contributed by atoms with Crippen LogP contribution in [0, 0.1) is 5.92 Å². The van der Waals surface area contributed by atoms with Gasteiger partial charge in [-0.15, -0.1) is 0 Å². The Morgan fingerprint density at radius 3 is 2.63 bits per heavy atom. The smallest absolute Gasteiger partial charge is 0.299 e. The summed E-state index contributed by atoms with van der Waals surface area (Å²) in [5, 5.41) is 3.95. The molecular formula is C14H22NO3P. The van der Waals surface area contributed by atoms with Crippen molar-refractivity contribution in [1.82, 2.24) is 5.09 Å². The zero-order chi connectivity index (χ0) is 13.9. The highest BCUT2D eigenvalue weighted by Crippen LogP contribution is 2.45. The van der Waals surface area contributed by atoms with E-state index >= 15 is 0 Å². The second-order valence-electron chi connectivity index (χ2n) is 5.20. The lowest BCUT2D eigenvalue weighted by molar-refractivity contribution is 0.319. The van der Waals surface area contributed by atoms with E-state index in [1.807, 2.05) is 24.3 Å². The lowest BCUT2D eigenvalue weighted by Gasteiger charge is -2.25. The first-order valence-corrected chi connectivity index (χ1v) is 8.34. The van der Waals surface area contributed by atoms with Crippen LogP contribution in [0.4, 0.5) is 0 Å². The molecule has 0 bridgehead atoms. The first-order valence-electron chi connectivity index (χ1n) is 6.72. The molecule has 1 saturated heterocycles. The maximum Gasteiger partial charge on any atom is 0.299 e. The molecule has 0 aromatic heterocycles. The predicted octanol–water partition coefficient (Wildman–Crippen LogP) is 2.94. The van der Waals surface area contributed by atoms with Crippen LogP contribution in [0.15, 0.2) is 24.3 Å². The zero-order valence-electron chi connectivity index (χ0n) is 11.8. The van der Waals surface area contributed by atoms with Gasteiger partial charge in [0.1, 0.15) is 5.75 Å². The molecule has 1 aromatic rings. The van der Waals surface area contributed by atoms with Gasteiger partial charge in [-0.1, -0.05) is 13.8 Å². The molecule has 1 aliphatic heterocycles. The molecule has 1 aliphatic rings. The third-order valence-electron chi connectivity index (χ3n) is 3.49. The molecule has 0 aliphatic carbocycles. The summed E-state index contributed by atoms with van der Waals surface area (Å²) >= 11 is 0. The number of methoxy groups -OCH3 is 1. The monoisotopic (exact) mass is 283 g/mol. The Hall–Kier alpha value is -0.830. The van der Waals surface area contributed by atoms with E-state index < -0.39 is 7.52 Å². The minimum Gasteiger partial charge on any atom is -0.497 e. The second-order valence-corrected chi connectivity index (χ2v) is 7.34. The van der Waals surface area contributed by atoms with Gasteiger partial charge in [0.15, 0.2) is 0 Å². The van der Waals surface area contributed by atoms with Crippen molar-refractivity contribution < 1.29 is 13.8 Å². The van der Waals surface area contributed by atoms with Crippen LogP contribution in [0.5, 0.6) is 5.75 Å². The van der Waals surface area contributed by atoms with E-state index in [1.54, 1.807) is 7.11 Å². The van der Waals surface area contributed by atoms with Crippen molar-refractivity contribution in [3.63, 3.8) is 0 Å². The van der Waals surface area contributed by atoms with Gasteiger partial charge < -0.3 is 9.26 Å². The Balaban J connectivity index is 2.25. The van der Waals surface area contributed by atoms with Gasteiger partial charge in [0.25, 0.3) is 7.52 Å². The predicted molar refractivity (Wildman–Crippen MR) is 77.2 cm³/mol. The zero-order valence-corrected chi connectivity index (χ0v) is 12.7. The highest BCUT2D eigenvalue weighted by molar-refractivity contribution is 7.65. The Kier molecular flexibility index (Phi) is 4.67. The molecule has 0 radical (unpaired) electrons. The molecule has 4 nitrogen and oxygen atoms in total. The third kappa shape index (κ3) is 3.38. The van der Waals surface area contributed by atoms with Gasteiger partial charge in [-0.2, -0.15) is 0 Å². The molecule has 2 atom stereocenters. The average molecular weight is 283 g/mol. The van der Waals surface area contributed by atoms with Crippen LogP contribution < -0.4 is 15.1 Å². The normalized spacial score (nSPS) is 28.1. The van der Waals surface area contributed by atoms with Crippen molar-refractivity contribution in [3.05, 3.63) is 24.3 Å². The van der Waals surface area contributed by atoms with Crippen molar-refractivity contribution in [2.45, 2.75) is 32.7 Å². The summed E-state index contributed by atoms with van der Waals surface area (Å²) in [7, 11) is -1.34. The van der Waals surface area contributed by atoms with Gasteiger partial charge in [-0.3, -0.25) is 4.57 Å². The summed E-state index contributed by atoms with van der Waals surface area (Å²) in [6.07, 6.45) is 1.94. The van der Waals surface area contributed by atoms with Crippen molar-refractivity contribution in [2.24, 2.45) is 5.92 Å². The molecule has 0 amide bonds. The van der Waals surface area contributed by atoms with Gasteiger partial charge >= 0.3 is 0 Å². The summed E-state index contributed by atoms with van der Waals surface area (Å²) in [5.41, 5.74) is 0. The maximum absolute atomic E-state index is 13.0. The van der Waals surface area contributed by atoms with E-state index in [0.717, 1.165) is 18.6 Å². The Morgan fingerprint density at radius 2 is 2.05 bits per heavy atom. The Morgan fingerprint density at radius 1 is 1.37 bits per heavy atom. The second kappa shape index (κ2) is 6.08. The molecule has 0 saturated carbocycles. The first-order chi connectivity index (χ1) is 9.05. The van der Waals surface area contributed by atoms with Crippen molar-refractivity contribution in [1.29, 1.82) is 0 Å². The van der Waals surface area contributed by atoms with Crippen LogP contribution in [-0.4, -0.2) is 19.8 Å². The fourth-order valence-corrected chi connectivity index (χ4v) is 4.39. The fraction of sp³-hybridized carbons (Fsp3) is 0.571. The van der Waals surface area contributed by atoms with Gasteiger partial charge in [0, 0.05) is 6.04 Å². The summed E-state index contributed by atoms with van der Waals surface area (Å²) in [6.45, 7) is 4.82. The quantitative estimate of drug-likeness (QED) is 0.866. The number of ether oxygens (including phenoxy) is 1. The van der Waals surface area contributed by atoms with Gasteiger partial charge in [-0.25, -0.2) is 5.09 Å². The van der Waals surface area contributed by atoms with Gasteiger partial charge in [0.05, 0.1) is 19.0 Å². The number of hydrogen-bond acceptors (Lipinski definition) is 3. The summed E-state index contributed by atoms with van der Waals surface area (Å²) in [5.74, 6) is 1.19. The molecule has 19 heavy (non-hydrogen) atoms. The van der Waals surface area contributed by atoms with E-state index in [1.165, 1.54) is 0 Å². The summed E-state index contributed by atoms with van der Waals surface area (Å²) in [4.78, 5) is 0. The van der Waals surface area contributed by atoms with E-state index in [9.17, 15) is 4.57 Å². The molecule has 1 fully saturated rings. The van der Waals surface area contributed by atoms with E-state index in [4.69, 9.17) is 9.26 Å². The summed E-state index contributed by atoms with van der Waals surface area (Å²) < 4.78 is 23.8. The van der Waals surface area contributed by atoms with Gasteiger partial charge in [0.2, 0.25) is 0 Å². The molecule has 0 spiro atoms. The number of hydrogen-bond donors (Lipinski definition) is 1. The largest absolute Gasteiger partial charge is 0.497 e. The van der Waals surface area contributed by atoms with Crippen LogP contribution in [-0.2, 0) is 9.09 Å². The number of nitrogens with one attached hydrogen (secondary N) is 1. The average Bonchev–Trinajstić information content (AvgIpc) is 2.62. The lowest BCUT2D eigenvalue weighted by Crippen LogP contribution is -2.33. The first kappa shape index (κ1) is 14.6. The minimum atomic E-state index is -2.96. The number of rotatable bonds is 3. The third-order valence-corrected chi connectivity index (χ3v) is 5.68. The fourth-order valence-electron chi connectivity index (χ4n) is 2.23. The molecule has 2 rings (SSSR count). The highest BCUT2D eigenvalue weighted by Gasteiger charge is 2.32. The van der Waals surface area contributed by atoms with E-state index in [0.29, 0.717) is 17.8 Å². The molecule has 1 heterocycles. The van der Waals surface area contributed by atoms with Crippen LogP contribution in [0.2, 0.25) is 0 Å². The van der Waals surface area contributed by atoms with Crippen molar-refractivity contribution in [2.75, 3.05) is 13.7 Å². The summed E-state index contributed by atoms with van der Waals surface area (Å²) in [6, 6.07) is 7.49. The topological polar surface area (TPSA) is 47.6 Å². The molecular weight excluding hydrogens is 261 g/mol. The van der Waals surface area contributed by atoms with E-state index in [-0.39, 0.29) is 6.04 Å². The minimum absolute atomic E-state index is 0.232. The molecule has 1 aromatic carbocycles. The maximum atomic E-state index is 13.0. The molecule has 1 N–H and O–H groups in total. The van der Waals surface area contributed by atoms with Crippen LogP contribution >= 0.6 is 7.52 Å². The molecule has 106 valence electrons. The van der Waals surface area contributed by atoms with Gasteiger partial charge in [-0.05, 0) is 43.0 Å². The molecule has 5 heteroatoms. The van der Waals surface area contributed by atoms with Crippen LogP contribution in [0.1, 0.15) is 26.7 Å². The van der Waals surface area contributed by atoms with Crippen molar-refractivity contribution >= 4 is 12.8 Å². The standard InChI is InChI=1S/C14H22NO3P/c1-11(2)14-5-4-10-18-19(16,15-14)13-8-6-12(17-3)7-9-13/h6-9,11,14H,4-5,10H2,1-3H3,(H,15,16). The number of benzene rings is 1. The lowest BCUT2D eigenvalue weighted by atomic mass is 10.0. The van der Waals surface area contributed by atoms with E-state index in [2.05, 4.69) is 18.9 Å². The SMILES string of the molecule is COc1ccc(P2(=O)NC(C(C)C)CCCO2)cc1. The Labute approximate surface area is 115 Å². The highest BCUT2D eigenvalue weighted by atomic mass is 31.2. The van der Waals surface area contributed by atoms with Crippen molar-refractivity contribution in [3.8, 4) is 5.75 Å². The van der Waals surface area contributed by atoms with Crippen LogP contribution in [0.3, 0.4) is 0 Å². The molecule has 2 unspecified atom stereocenters. The van der Waals surface area contributed by atoms with Crippen LogP contribution in [0.25, 0.3) is 0 Å². The Bertz CT molecular complexity index is 458.